The van der Waals surface area contributed by atoms with E-state index in [2.05, 4.69) is 22.0 Å². The Kier molecular flexibility index (Phi) is 6.03. The summed E-state index contributed by atoms with van der Waals surface area (Å²) in [7, 11) is 0. The first kappa shape index (κ1) is 17.6. The minimum absolute atomic E-state index is 0.155. The number of hydrogen-bond donors (Lipinski definition) is 1. The number of amidine groups is 1. The van der Waals surface area contributed by atoms with Gasteiger partial charge in [0.25, 0.3) is 5.91 Å². The number of piperidine rings is 1. The quantitative estimate of drug-likeness (QED) is 0.655. The molecule has 0 aromatic heterocycles. The third-order valence-corrected chi connectivity index (χ3v) is 6.12. The Morgan fingerprint density at radius 3 is 2.88 bits per heavy atom. The molecule has 128 valence electrons. The largest absolute Gasteiger partial charge is 0.396 e. The molecule has 1 atom stereocenters. The average molecular weight is 363 g/mol. The predicted octanol–water partition coefficient (Wildman–Crippen LogP) is 3.62. The van der Waals surface area contributed by atoms with E-state index in [1.807, 2.05) is 24.5 Å². The fourth-order valence-electron chi connectivity index (χ4n) is 3.07. The number of nitrogens with zero attached hydrogens (tertiary/aromatic N) is 2. The van der Waals surface area contributed by atoms with E-state index in [1.54, 1.807) is 11.8 Å². The molecule has 2 aliphatic rings. The van der Waals surface area contributed by atoms with Crippen LogP contribution in [0, 0.1) is 0 Å². The minimum Gasteiger partial charge on any atom is -0.396 e. The molecule has 0 radical (unpaired) electrons. The van der Waals surface area contributed by atoms with Crippen molar-refractivity contribution in [2.45, 2.75) is 36.6 Å². The lowest BCUT2D eigenvalue weighted by atomic mass is 10.0. The van der Waals surface area contributed by atoms with Crippen LogP contribution in [-0.2, 0) is 4.79 Å². The number of aliphatic imine (C=N–C) groups is 1. The maximum absolute atomic E-state index is 12.3. The van der Waals surface area contributed by atoms with Crippen LogP contribution in [0.25, 0.3) is 6.08 Å². The zero-order valence-corrected chi connectivity index (χ0v) is 15.4. The molecule has 3 rings (SSSR count). The Morgan fingerprint density at radius 1 is 1.38 bits per heavy atom. The van der Waals surface area contributed by atoms with Crippen LogP contribution in [0.4, 0.5) is 0 Å². The van der Waals surface area contributed by atoms with Gasteiger partial charge in [-0.2, -0.15) is 4.99 Å². The summed E-state index contributed by atoms with van der Waals surface area (Å²) >= 11 is 3.16. The first-order chi connectivity index (χ1) is 11.7. The van der Waals surface area contributed by atoms with Crippen LogP contribution in [0.5, 0.6) is 0 Å². The summed E-state index contributed by atoms with van der Waals surface area (Å²) in [5, 5.41) is 10.1. The third-order valence-electron chi connectivity index (χ3n) is 4.36. The van der Waals surface area contributed by atoms with Crippen molar-refractivity contribution in [1.29, 1.82) is 0 Å². The second-order valence-corrected chi connectivity index (χ2v) is 7.83. The highest BCUT2D eigenvalue weighted by Crippen LogP contribution is 2.33. The number of carbonyl (C=O) groups excluding carboxylic acids is 1. The van der Waals surface area contributed by atoms with Crippen molar-refractivity contribution in [2.24, 2.45) is 4.99 Å². The van der Waals surface area contributed by atoms with E-state index < -0.39 is 0 Å². The molecular weight excluding hydrogens is 340 g/mol. The number of aliphatic hydroxyl groups excluding tert-OH is 1. The van der Waals surface area contributed by atoms with Gasteiger partial charge < -0.3 is 10.0 Å². The van der Waals surface area contributed by atoms with Gasteiger partial charge in [0.05, 0.1) is 4.91 Å². The number of amides is 1. The van der Waals surface area contributed by atoms with Crippen LogP contribution >= 0.6 is 23.5 Å². The normalized spacial score (nSPS) is 23.0. The van der Waals surface area contributed by atoms with Gasteiger partial charge >= 0.3 is 0 Å². The van der Waals surface area contributed by atoms with Crippen molar-refractivity contribution in [1.82, 2.24) is 4.90 Å². The van der Waals surface area contributed by atoms with E-state index >= 15 is 0 Å². The molecule has 24 heavy (non-hydrogen) atoms. The number of rotatable bonds is 4. The molecular formula is C18H22N2O2S2. The molecule has 1 aromatic rings. The topological polar surface area (TPSA) is 52.9 Å². The summed E-state index contributed by atoms with van der Waals surface area (Å²) < 4.78 is 0. The van der Waals surface area contributed by atoms with Crippen LogP contribution in [0.15, 0.2) is 39.1 Å². The summed E-state index contributed by atoms with van der Waals surface area (Å²) in [6, 6.07) is 8.47. The number of carbonyl (C=O) groups is 1. The fraction of sp³-hybridized carbons (Fsp3) is 0.444. The summed E-state index contributed by atoms with van der Waals surface area (Å²) in [4.78, 5) is 20.6. The van der Waals surface area contributed by atoms with E-state index in [4.69, 9.17) is 0 Å². The van der Waals surface area contributed by atoms with E-state index in [0.717, 1.165) is 36.5 Å². The van der Waals surface area contributed by atoms with Gasteiger partial charge in [-0.3, -0.25) is 4.79 Å². The smallest absolute Gasteiger partial charge is 0.286 e. The monoisotopic (exact) mass is 362 g/mol. The molecule has 4 nitrogen and oxygen atoms in total. The number of likely N-dealkylation sites (tertiary alicyclic amines) is 1. The molecule has 2 heterocycles. The van der Waals surface area contributed by atoms with Crippen molar-refractivity contribution in [2.75, 3.05) is 19.4 Å². The molecule has 1 N–H and O–H groups in total. The minimum atomic E-state index is -0.155. The SMILES string of the molecule is CSc1ccc(/C=C2/SC(N3CCCC[C@H]3CCO)=NC2=O)cc1. The number of benzene rings is 1. The lowest BCUT2D eigenvalue weighted by Crippen LogP contribution is -2.42. The van der Waals surface area contributed by atoms with Gasteiger partial charge in [-0.05, 0) is 67.5 Å². The van der Waals surface area contributed by atoms with E-state index in [0.29, 0.717) is 10.9 Å². The van der Waals surface area contributed by atoms with Crippen molar-refractivity contribution >= 4 is 40.7 Å². The average Bonchev–Trinajstić information content (AvgIpc) is 2.97. The first-order valence-electron chi connectivity index (χ1n) is 8.25. The molecule has 1 saturated heterocycles. The van der Waals surface area contributed by atoms with Crippen molar-refractivity contribution in [3.8, 4) is 0 Å². The van der Waals surface area contributed by atoms with E-state index in [1.165, 1.54) is 23.1 Å². The summed E-state index contributed by atoms with van der Waals surface area (Å²) in [5.74, 6) is -0.155. The second-order valence-electron chi connectivity index (χ2n) is 5.94. The zero-order chi connectivity index (χ0) is 16.9. The highest BCUT2D eigenvalue weighted by atomic mass is 32.2. The second kappa shape index (κ2) is 8.23. The lowest BCUT2D eigenvalue weighted by Gasteiger charge is -2.36. The van der Waals surface area contributed by atoms with Gasteiger partial charge in [0.15, 0.2) is 5.17 Å². The Balaban J connectivity index is 1.73. The molecule has 0 bridgehead atoms. The lowest BCUT2D eigenvalue weighted by molar-refractivity contribution is -0.113. The maximum atomic E-state index is 12.3. The van der Waals surface area contributed by atoms with Crippen molar-refractivity contribution in [3.05, 3.63) is 34.7 Å². The van der Waals surface area contributed by atoms with E-state index in [9.17, 15) is 9.90 Å². The number of thioether (sulfide) groups is 2. The van der Waals surface area contributed by atoms with E-state index in [-0.39, 0.29) is 12.5 Å². The molecule has 6 heteroatoms. The highest BCUT2D eigenvalue weighted by Gasteiger charge is 2.31. The van der Waals surface area contributed by atoms with Crippen molar-refractivity contribution in [3.63, 3.8) is 0 Å². The standard InChI is InChI=1S/C18H22N2O2S2/c1-23-15-7-5-13(6-8-15)12-16-17(22)19-18(24-16)20-10-3-2-4-14(20)9-11-21/h5-8,12,14,21H,2-4,9-11H2,1H3/b16-12+/t14-/m0/s1. The Labute approximate surface area is 151 Å². The summed E-state index contributed by atoms with van der Waals surface area (Å²) in [5.41, 5.74) is 1.02. The third kappa shape index (κ3) is 4.05. The Bertz CT molecular complexity index is 653. The van der Waals surface area contributed by atoms with Crippen LogP contribution in [0.2, 0.25) is 0 Å². The van der Waals surface area contributed by atoms with Crippen LogP contribution in [-0.4, -0.2) is 46.5 Å². The van der Waals surface area contributed by atoms with Gasteiger partial charge in [-0.15, -0.1) is 11.8 Å². The van der Waals surface area contributed by atoms with Crippen molar-refractivity contribution < 1.29 is 9.90 Å². The zero-order valence-electron chi connectivity index (χ0n) is 13.8. The molecule has 0 saturated carbocycles. The fourth-order valence-corrected chi connectivity index (χ4v) is 4.49. The molecule has 1 fully saturated rings. The molecule has 2 aliphatic heterocycles. The molecule has 0 spiro atoms. The number of hydrogen-bond acceptors (Lipinski definition) is 5. The van der Waals surface area contributed by atoms with Crippen LogP contribution < -0.4 is 0 Å². The van der Waals surface area contributed by atoms with Gasteiger partial charge in [-0.1, -0.05) is 12.1 Å². The maximum Gasteiger partial charge on any atom is 0.286 e. The van der Waals surface area contributed by atoms with Gasteiger partial charge in [0.1, 0.15) is 0 Å². The highest BCUT2D eigenvalue weighted by molar-refractivity contribution is 8.18. The molecule has 0 aliphatic carbocycles. The van der Waals surface area contributed by atoms with Crippen LogP contribution in [0.1, 0.15) is 31.2 Å². The summed E-state index contributed by atoms with van der Waals surface area (Å²) in [6.07, 6.45) is 8.05. The van der Waals surface area contributed by atoms with Crippen LogP contribution in [0.3, 0.4) is 0 Å². The molecule has 1 aromatic carbocycles. The summed E-state index contributed by atoms with van der Waals surface area (Å²) in [6.45, 7) is 1.09. The van der Waals surface area contributed by atoms with Gasteiger partial charge in [0, 0.05) is 24.1 Å². The molecule has 1 amide bonds. The molecule has 0 unspecified atom stereocenters. The Hall–Kier alpha value is -1.24. The first-order valence-corrected chi connectivity index (χ1v) is 10.3. The van der Waals surface area contributed by atoms with Gasteiger partial charge in [0.2, 0.25) is 0 Å². The predicted molar refractivity (Wildman–Crippen MR) is 102 cm³/mol. The van der Waals surface area contributed by atoms with Gasteiger partial charge in [-0.25, -0.2) is 0 Å². The Morgan fingerprint density at radius 2 is 2.17 bits per heavy atom. The number of aliphatic hydroxyl groups is 1.